The first kappa shape index (κ1) is 21.3. The molecule has 7 N–H and O–H groups in total. The number of imide groups is 1. The summed E-state index contributed by atoms with van der Waals surface area (Å²) in [4.78, 5) is 43.1. The van der Waals surface area contributed by atoms with Gasteiger partial charge in [0.05, 0.1) is 18.0 Å². The third kappa shape index (κ3) is 5.74. The van der Waals surface area contributed by atoms with Crippen molar-refractivity contribution in [1.29, 1.82) is 0 Å². The Balaban J connectivity index is 2.16. The first-order valence-electron chi connectivity index (χ1n) is 9.82. The van der Waals surface area contributed by atoms with Gasteiger partial charge in [-0.15, -0.1) is 0 Å². The number of nitrogens with one attached hydrogen (secondary N) is 1. The summed E-state index contributed by atoms with van der Waals surface area (Å²) in [6.07, 6.45) is 6.34. The van der Waals surface area contributed by atoms with Gasteiger partial charge in [0.1, 0.15) is 6.29 Å². The van der Waals surface area contributed by atoms with Gasteiger partial charge >= 0.3 is 0 Å². The number of carbonyl (C=O) groups is 3. The van der Waals surface area contributed by atoms with Crippen LogP contribution in [0.25, 0.3) is 0 Å². The summed E-state index contributed by atoms with van der Waals surface area (Å²) in [5, 5.41) is 3.12. The Morgan fingerprint density at radius 3 is 2.48 bits per heavy atom. The highest BCUT2D eigenvalue weighted by molar-refractivity contribution is 6.01. The summed E-state index contributed by atoms with van der Waals surface area (Å²) >= 11 is 0. The zero-order chi connectivity index (χ0) is 19.8. The van der Waals surface area contributed by atoms with Crippen LogP contribution < -0.4 is 22.5 Å². The molecule has 9 nitrogen and oxygen atoms in total. The third-order valence-corrected chi connectivity index (χ3v) is 5.41. The molecule has 0 bridgehead atoms. The summed E-state index contributed by atoms with van der Waals surface area (Å²) in [6.45, 7) is 1.07. The second-order valence-corrected chi connectivity index (χ2v) is 7.40. The highest BCUT2D eigenvalue weighted by atomic mass is 16.2. The van der Waals surface area contributed by atoms with Crippen molar-refractivity contribution in [3.8, 4) is 0 Å². The molecule has 0 spiro atoms. The van der Waals surface area contributed by atoms with Crippen molar-refractivity contribution in [2.75, 3.05) is 13.1 Å². The maximum atomic E-state index is 13.2. The van der Waals surface area contributed by atoms with E-state index in [0.717, 1.165) is 32.2 Å². The Kier molecular flexibility index (Phi) is 8.18. The second-order valence-electron chi connectivity index (χ2n) is 7.40. The fraction of sp³-hybridized carbons (Fsp3) is 0.778. The van der Waals surface area contributed by atoms with Crippen LogP contribution in [0.15, 0.2) is 4.99 Å². The minimum Gasteiger partial charge on any atom is -0.370 e. The topological polar surface area (TPSA) is 157 Å². The van der Waals surface area contributed by atoms with Crippen molar-refractivity contribution in [1.82, 2.24) is 10.2 Å². The second kappa shape index (κ2) is 10.4. The number of rotatable bonds is 8. The lowest BCUT2D eigenvalue weighted by molar-refractivity contribution is -0.154. The summed E-state index contributed by atoms with van der Waals surface area (Å²) in [7, 11) is 0. The van der Waals surface area contributed by atoms with Crippen LogP contribution in [-0.4, -0.2) is 60.2 Å². The molecule has 0 aromatic heterocycles. The average molecular weight is 380 g/mol. The van der Waals surface area contributed by atoms with Crippen LogP contribution in [0.1, 0.15) is 51.4 Å². The normalized spacial score (nSPS) is 26.2. The Bertz CT molecular complexity index is 557. The lowest BCUT2D eigenvalue weighted by atomic mass is 9.83. The van der Waals surface area contributed by atoms with Gasteiger partial charge in [0.2, 0.25) is 11.8 Å². The minimum atomic E-state index is -0.823. The van der Waals surface area contributed by atoms with Crippen LogP contribution in [0.4, 0.5) is 0 Å². The van der Waals surface area contributed by atoms with E-state index in [4.69, 9.17) is 17.2 Å². The van der Waals surface area contributed by atoms with Crippen LogP contribution >= 0.6 is 0 Å². The molecule has 4 atom stereocenters. The summed E-state index contributed by atoms with van der Waals surface area (Å²) in [5.74, 6) is -1.08. The lowest BCUT2D eigenvalue weighted by Gasteiger charge is -2.35. The molecule has 2 unspecified atom stereocenters. The molecule has 1 saturated heterocycles. The molecule has 1 aliphatic carbocycles. The largest absolute Gasteiger partial charge is 0.370 e. The van der Waals surface area contributed by atoms with Gasteiger partial charge in [0.25, 0.3) is 0 Å². The van der Waals surface area contributed by atoms with Crippen molar-refractivity contribution in [2.24, 2.45) is 28.1 Å². The Hall–Kier alpha value is -2.00. The SMILES string of the molecule is NC(N)=NCCC[C@@H](C=O)N(C(=O)C1CCCCC1N)C(=O)[C@@H]1CCCN1. The highest BCUT2D eigenvalue weighted by Crippen LogP contribution is 2.27. The summed E-state index contributed by atoms with van der Waals surface area (Å²) < 4.78 is 0. The number of hydrogen-bond acceptors (Lipinski definition) is 6. The molecule has 2 aliphatic rings. The van der Waals surface area contributed by atoms with E-state index < -0.39 is 18.0 Å². The van der Waals surface area contributed by atoms with E-state index in [1.165, 1.54) is 4.90 Å². The van der Waals surface area contributed by atoms with Gasteiger partial charge in [-0.2, -0.15) is 0 Å². The van der Waals surface area contributed by atoms with Crippen molar-refractivity contribution in [3.05, 3.63) is 0 Å². The molecule has 0 aromatic rings. The number of aliphatic imine (C=N–C) groups is 1. The predicted molar refractivity (Wildman–Crippen MR) is 103 cm³/mol. The smallest absolute Gasteiger partial charge is 0.246 e. The van der Waals surface area contributed by atoms with Crippen LogP contribution in [0.2, 0.25) is 0 Å². The van der Waals surface area contributed by atoms with Gasteiger partial charge < -0.3 is 27.3 Å². The van der Waals surface area contributed by atoms with E-state index in [2.05, 4.69) is 10.3 Å². The van der Waals surface area contributed by atoms with E-state index >= 15 is 0 Å². The van der Waals surface area contributed by atoms with Gasteiger partial charge in [-0.3, -0.25) is 19.5 Å². The van der Waals surface area contributed by atoms with Crippen molar-refractivity contribution >= 4 is 24.1 Å². The maximum Gasteiger partial charge on any atom is 0.246 e. The maximum absolute atomic E-state index is 13.2. The number of hydrogen-bond donors (Lipinski definition) is 4. The van der Waals surface area contributed by atoms with E-state index in [1.54, 1.807) is 0 Å². The van der Waals surface area contributed by atoms with Crippen LogP contribution in [-0.2, 0) is 14.4 Å². The summed E-state index contributed by atoms with van der Waals surface area (Å²) in [6, 6.07) is -1.52. The molecule has 2 amide bonds. The van der Waals surface area contributed by atoms with Gasteiger partial charge in [0.15, 0.2) is 5.96 Å². The predicted octanol–water partition coefficient (Wildman–Crippen LogP) is -0.768. The average Bonchev–Trinajstić information content (AvgIpc) is 3.18. The molecular formula is C18H32N6O3. The number of carbonyl (C=O) groups excluding carboxylic acids is 3. The highest BCUT2D eigenvalue weighted by Gasteiger charge is 2.40. The molecule has 2 rings (SSSR count). The molecule has 1 heterocycles. The van der Waals surface area contributed by atoms with Crippen molar-refractivity contribution < 1.29 is 14.4 Å². The monoisotopic (exact) mass is 380 g/mol. The van der Waals surface area contributed by atoms with Gasteiger partial charge in [-0.1, -0.05) is 12.8 Å². The standard InChI is InChI=1S/C18H32N6O3/c19-14-7-2-1-6-13(14)16(26)24(17(27)15-8-4-9-22-15)12(11-25)5-3-10-23-18(20)21/h11-15,22H,1-10,19H2,(H4,20,21,23)/t12-,13?,14?,15-/m0/s1. The molecule has 9 heteroatoms. The quantitative estimate of drug-likeness (QED) is 0.142. The summed E-state index contributed by atoms with van der Waals surface area (Å²) in [5.41, 5.74) is 16.8. The first-order chi connectivity index (χ1) is 13.0. The van der Waals surface area contributed by atoms with Crippen LogP contribution in [0, 0.1) is 5.92 Å². The van der Waals surface area contributed by atoms with E-state index in [1.807, 2.05) is 0 Å². The fourth-order valence-corrected chi connectivity index (χ4v) is 3.91. The zero-order valence-electron chi connectivity index (χ0n) is 15.8. The van der Waals surface area contributed by atoms with E-state index in [9.17, 15) is 14.4 Å². The number of guanidine groups is 1. The number of amides is 2. The van der Waals surface area contributed by atoms with Gasteiger partial charge in [-0.25, -0.2) is 0 Å². The molecule has 0 aromatic carbocycles. The van der Waals surface area contributed by atoms with Gasteiger partial charge in [-0.05, 0) is 45.1 Å². The van der Waals surface area contributed by atoms with Crippen molar-refractivity contribution in [2.45, 2.75) is 69.5 Å². The Morgan fingerprint density at radius 1 is 1.15 bits per heavy atom. The van der Waals surface area contributed by atoms with E-state index in [-0.39, 0.29) is 23.8 Å². The Morgan fingerprint density at radius 2 is 1.89 bits per heavy atom. The molecule has 1 aliphatic heterocycles. The molecular weight excluding hydrogens is 348 g/mol. The molecule has 152 valence electrons. The Labute approximate surface area is 160 Å². The van der Waals surface area contributed by atoms with Crippen LogP contribution in [0.3, 0.4) is 0 Å². The van der Waals surface area contributed by atoms with Crippen LogP contribution in [0.5, 0.6) is 0 Å². The molecule has 0 radical (unpaired) electrons. The minimum absolute atomic E-state index is 0.0232. The lowest BCUT2D eigenvalue weighted by Crippen LogP contribution is -2.56. The van der Waals surface area contributed by atoms with E-state index in [0.29, 0.717) is 38.5 Å². The first-order valence-corrected chi connectivity index (χ1v) is 9.82. The third-order valence-electron chi connectivity index (χ3n) is 5.41. The molecule has 2 fully saturated rings. The number of nitrogens with two attached hydrogens (primary N) is 3. The molecule has 27 heavy (non-hydrogen) atoms. The molecule has 1 saturated carbocycles. The number of aldehydes is 1. The fourth-order valence-electron chi connectivity index (χ4n) is 3.91. The van der Waals surface area contributed by atoms with Gasteiger partial charge in [0, 0.05) is 12.6 Å². The van der Waals surface area contributed by atoms with Crippen molar-refractivity contribution in [3.63, 3.8) is 0 Å². The zero-order valence-corrected chi connectivity index (χ0v) is 15.8. The number of nitrogens with zero attached hydrogens (tertiary/aromatic N) is 2.